The molecule has 14 heavy (non-hydrogen) atoms. The predicted molar refractivity (Wildman–Crippen MR) is 44.8 cm³/mol. The molecule has 0 saturated carbocycles. The van der Waals surface area contributed by atoms with Gasteiger partial charge < -0.3 is 9.47 Å². The van der Waals surface area contributed by atoms with Crippen molar-refractivity contribution >= 4 is 11.9 Å². The maximum absolute atomic E-state index is 11.3. The standard InChI is InChI=1S/C8H13NO5/c1-5(2)9-8(14-9,6(10)12-3)7(11)13-4/h5H,1-4H3. The number of ether oxygens (including phenoxy) is 2. The van der Waals surface area contributed by atoms with Crippen molar-refractivity contribution in [2.75, 3.05) is 14.2 Å². The van der Waals surface area contributed by atoms with E-state index in [1.807, 2.05) is 0 Å². The van der Waals surface area contributed by atoms with E-state index in [4.69, 9.17) is 4.84 Å². The first-order valence-corrected chi connectivity index (χ1v) is 4.16. The zero-order valence-corrected chi connectivity index (χ0v) is 8.57. The summed E-state index contributed by atoms with van der Waals surface area (Å²) in [6.45, 7) is 3.57. The number of rotatable bonds is 3. The molecule has 0 N–H and O–H groups in total. The van der Waals surface area contributed by atoms with Crippen LogP contribution < -0.4 is 0 Å². The number of hydroxylamine groups is 2. The van der Waals surface area contributed by atoms with Crippen LogP contribution in [0.1, 0.15) is 13.8 Å². The summed E-state index contributed by atoms with van der Waals surface area (Å²) < 4.78 is 8.95. The van der Waals surface area contributed by atoms with E-state index in [1.165, 1.54) is 19.3 Å². The second-order valence-electron chi connectivity index (χ2n) is 3.14. The van der Waals surface area contributed by atoms with Crippen molar-refractivity contribution in [3.05, 3.63) is 0 Å². The van der Waals surface area contributed by atoms with Gasteiger partial charge in [-0.1, -0.05) is 0 Å². The Hall–Kier alpha value is -1.14. The SMILES string of the molecule is COC(=O)C1(C(=O)OC)ON1C(C)C. The van der Waals surface area contributed by atoms with Crippen LogP contribution >= 0.6 is 0 Å². The summed E-state index contributed by atoms with van der Waals surface area (Å²) in [5.74, 6) is -1.53. The van der Waals surface area contributed by atoms with E-state index in [0.29, 0.717) is 0 Å². The van der Waals surface area contributed by atoms with Gasteiger partial charge in [0.1, 0.15) is 0 Å². The van der Waals surface area contributed by atoms with E-state index in [0.717, 1.165) is 0 Å². The highest BCUT2D eigenvalue weighted by Crippen LogP contribution is 2.39. The van der Waals surface area contributed by atoms with Gasteiger partial charge in [0.2, 0.25) is 0 Å². The molecule has 0 aliphatic carbocycles. The van der Waals surface area contributed by atoms with Crippen molar-refractivity contribution < 1.29 is 23.9 Å². The van der Waals surface area contributed by atoms with Crippen molar-refractivity contribution in [1.82, 2.24) is 5.06 Å². The van der Waals surface area contributed by atoms with Crippen molar-refractivity contribution in [2.45, 2.75) is 25.6 Å². The van der Waals surface area contributed by atoms with Crippen LogP contribution in [0.15, 0.2) is 0 Å². The molecule has 0 spiro atoms. The molecule has 0 bridgehead atoms. The highest BCUT2D eigenvalue weighted by molar-refractivity contribution is 6.05. The summed E-state index contributed by atoms with van der Waals surface area (Å²) in [4.78, 5) is 27.6. The number of nitrogens with zero attached hydrogens (tertiary/aromatic N) is 1. The fraction of sp³-hybridized carbons (Fsp3) is 0.750. The van der Waals surface area contributed by atoms with Crippen LogP contribution in [0.3, 0.4) is 0 Å². The molecule has 80 valence electrons. The lowest BCUT2D eigenvalue weighted by atomic mass is 10.2. The second-order valence-corrected chi connectivity index (χ2v) is 3.14. The fourth-order valence-electron chi connectivity index (χ4n) is 1.21. The highest BCUT2D eigenvalue weighted by Gasteiger charge is 2.71. The average Bonchev–Trinajstić information content (AvgIpc) is 2.91. The summed E-state index contributed by atoms with van der Waals surface area (Å²) in [5, 5.41) is 1.24. The lowest BCUT2D eigenvalue weighted by Gasteiger charge is -2.09. The largest absolute Gasteiger partial charge is 0.465 e. The lowest BCUT2D eigenvalue weighted by molar-refractivity contribution is -0.161. The van der Waals surface area contributed by atoms with Gasteiger partial charge in [0.15, 0.2) is 0 Å². The Morgan fingerprint density at radius 1 is 1.21 bits per heavy atom. The number of hydrogen-bond donors (Lipinski definition) is 0. The lowest BCUT2D eigenvalue weighted by Crippen LogP contribution is -2.41. The van der Waals surface area contributed by atoms with E-state index in [-0.39, 0.29) is 6.04 Å². The van der Waals surface area contributed by atoms with E-state index in [2.05, 4.69) is 9.47 Å². The number of carbonyl (C=O) groups excluding carboxylic acids is 2. The summed E-state index contributed by atoms with van der Waals surface area (Å²) >= 11 is 0. The number of methoxy groups -OCH3 is 2. The Balaban J connectivity index is 2.86. The van der Waals surface area contributed by atoms with Gasteiger partial charge in [-0.2, -0.15) is 0 Å². The Morgan fingerprint density at radius 2 is 1.64 bits per heavy atom. The third-order valence-electron chi connectivity index (χ3n) is 1.90. The molecule has 1 aliphatic rings. The van der Waals surface area contributed by atoms with Gasteiger partial charge in [0.05, 0.1) is 14.2 Å². The maximum Gasteiger partial charge on any atom is 0.370 e. The van der Waals surface area contributed by atoms with Gasteiger partial charge in [0.25, 0.3) is 0 Å². The zero-order valence-electron chi connectivity index (χ0n) is 8.57. The molecule has 6 nitrogen and oxygen atoms in total. The van der Waals surface area contributed by atoms with E-state index < -0.39 is 17.7 Å². The van der Waals surface area contributed by atoms with Gasteiger partial charge in [0, 0.05) is 6.04 Å². The molecule has 1 aliphatic heterocycles. The third kappa shape index (κ3) is 1.36. The monoisotopic (exact) mass is 203 g/mol. The minimum atomic E-state index is -1.68. The topological polar surface area (TPSA) is 68.1 Å². The number of esters is 2. The molecule has 1 rings (SSSR count). The molecule has 0 aromatic carbocycles. The Morgan fingerprint density at radius 3 is 1.86 bits per heavy atom. The molecule has 0 radical (unpaired) electrons. The molecular weight excluding hydrogens is 190 g/mol. The van der Waals surface area contributed by atoms with E-state index in [9.17, 15) is 9.59 Å². The minimum absolute atomic E-state index is 0.104. The second kappa shape index (κ2) is 3.55. The average molecular weight is 203 g/mol. The summed E-state index contributed by atoms with van der Waals surface area (Å²) in [7, 11) is 2.38. The quantitative estimate of drug-likeness (QED) is 0.356. The molecule has 1 heterocycles. The molecule has 0 aromatic heterocycles. The number of carbonyl (C=O) groups is 2. The van der Waals surface area contributed by atoms with Crippen LogP contribution in [-0.4, -0.2) is 43.0 Å². The summed E-state index contributed by atoms with van der Waals surface area (Å²) in [6.07, 6.45) is 0. The van der Waals surface area contributed by atoms with Crippen LogP contribution in [0.25, 0.3) is 0 Å². The van der Waals surface area contributed by atoms with Crippen molar-refractivity contribution in [2.24, 2.45) is 0 Å². The fourth-order valence-corrected chi connectivity index (χ4v) is 1.21. The molecule has 0 aromatic rings. The van der Waals surface area contributed by atoms with Gasteiger partial charge in [-0.25, -0.2) is 14.4 Å². The van der Waals surface area contributed by atoms with Gasteiger partial charge >= 0.3 is 17.7 Å². The van der Waals surface area contributed by atoms with Crippen LogP contribution in [0.5, 0.6) is 0 Å². The van der Waals surface area contributed by atoms with Crippen LogP contribution in [-0.2, 0) is 23.9 Å². The normalized spacial score (nSPS) is 23.1. The highest BCUT2D eigenvalue weighted by atomic mass is 16.9. The van der Waals surface area contributed by atoms with Crippen molar-refractivity contribution in [3.8, 4) is 0 Å². The van der Waals surface area contributed by atoms with Crippen molar-refractivity contribution in [3.63, 3.8) is 0 Å². The Kier molecular flexibility index (Phi) is 2.77. The third-order valence-corrected chi connectivity index (χ3v) is 1.90. The zero-order chi connectivity index (χ0) is 10.9. The van der Waals surface area contributed by atoms with Crippen LogP contribution in [0, 0.1) is 0 Å². The minimum Gasteiger partial charge on any atom is -0.465 e. The molecule has 1 unspecified atom stereocenters. The van der Waals surface area contributed by atoms with Crippen molar-refractivity contribution in [1.29, 1.82) is 0 Å². The summed E-state index contributed by atoms with van der Waals surface area (Å²) in [6, 6.07) is -0.104. The molecule has 0 amide bonds. The first-order valence-electron chi connectivity index (χ1n) is 4.16. The maximum atomic E-state index is 11.3. The first-order chi connectivity index (χ1) is 6.50. The van der Waals surface area contributed by atoms with Gasteiger partial charge in [-0.3, -0.25) is 0 Å². The number of hydrogen-bond acceptors (Lipinski definition) is 6. The van der Waals surface area contributed by atoms with Crippen LogP contribution in [0.4, 0.5) is 0 Å². The van der Waals surface area contributed by atoms with Gasteiger partial charge in [-0.15, -0.1) is 5.06 Å². The van der Waals surface area contributed by atoms with Crippen LogP contribution in [0.2, 0.25) is 0 Å². The van der Waals surface area contributed by atoms with E-state index >= 15 is 0 Å². The molecule has 6 heteroatoms. The molecule has 1 fully saturated rings. The Bertz CT molecular complexity index is 246. The molecule has 1 atom stereocenters. The van der Waals surface area contributed by atoms with E-state index in [1.54, 1.807) is 13.8 Å². The summed E-state index contributed by atoms with van der Waals surface area (Å²) in [5.41, 5.74) is -1.68. The Labute approximate surface area is 81.7 Å². The smallest absolute Gasteiger partial charge is 0.370 e. The molecular formula is C8H13NO5. The predicted octanol–water partition coefficient (Wildman–Crippen LogP) is -0.316. The first kappa shape index (κ1) is 10.9. The molecule has 1 saturated heterocycles. The van der Waals surface area contributed by atoms with Gasteiger partial charge in [-0.05, 0) is 13.8 Å².